The van der Waals surface area contributed by atoms with Gasteiger partial charge in [-0.2, -0.15) is 0 Å². The number of hydrogen-bond acceptors (Lipinski definition) is 3. The first-order valence-corrected chi connectivity index (χ1v) is 5.93. The van der Waals surface area contributed by atoms with Crippen molar-refractivity contribution < 1.29 is 9.59 Å². The molecule has 0 saturated heterocycles. The lowest BCUT2D eigenvalue weighted by Crippen LogP contribution is -2.38. The molecular formula is C11H14BrN3O2. The lowest BCUT2D eigenvalue weighted by atomic mass is 10.2. The minimum atomic E-state index is -0.283. The molecule has 0 spiro atoms. The summed E-state index contributed by atoms with van der Waals surface area (Å²) in [6.07, 6.45) is 0. The Morgan fingerprint density at radius 2 is 2.06 bits per heavy atom. The van der Waals surface area contributed by atoms with Crippen molar-refractivity contribution in [2.75, 3.05) is 19.6 Å². The molecule has 1 aromatic carbocycles. The quantitative estimate of drug-likeness (QED) is 0.729. The number of halogens is 1. The summed E-state index contributed by atoms with van der Waals surface area (Å²) in [5.74, 6) is -0.534. The normalized spacial score (nSPS) is 9.76. The van der Waals surface area contributed by atoms with Crippen LogP contribution in [-0.2, 0) is 4.79 Å². The van der Waals surface area contributed by atoms with Gasteiger partial charge < -0.3 is 16.4 Å². The van der Waals surface area contributed by atoms with Gasteiger partial charge in [-0.3, -0.25) is 9.59 Å². The average molecular weight is 300 g/mol. The molecule has 0 radical (unpaired) electrons. The highest BCUT2D eigenvalue weighted by Gasteiger charge is 2.07. The summed E-state index contributed by atoms with van der Waals surface area (Å²) in [5, 5.41) is 5.08. The van der Waals surface area contributed by atoms with Crippen molar-refractivity contribution in [1.29, 1.82) is 0 Å². The largest absolute Gasteiger partial charge is 0.353 e. The van der Waals surface area contributed by atoms with E-state index in [-0.39, 0.29) is 18.4 Å². The Labute approximate surface area is 108 Å². The van der Waals surface area contributed by atoms with Crippen molar-refractivity contribution in [3.8, 4) is 0 Å². The minimum absolute atomic E-state index is 0.0503. The van der Waals surface area contributed by atoms with E-state index in [9.17, 15) is 9.59 Å². The van der Waals surface area contributed by atoms with E-state index < -0.39 is 0 Å². The van der Waals surface area contributed by atoms with Gasteiger partial charge in [-0.15, -0.1) is 0 Å². The van der Waals surface area contributed by atoms with Crippen molar-refractivity contribution in [1.82, 2.24) is 10.6 Å². The Balaban J connectivity index is 2.42. The third-order valence-electron chi connectivity index (χ3n) is 1.96. The zero-order valence-electron chi connectivity index (χ0n) is 9.20. The van der Waals surface area contributed by atoms with Crippen molar-refractivity contribution in [3.05, 3.63) is 34.3 Å². The average Bonchev–Trinajstić information content (AvgIpc) is 2.33. The molecule has 0 fully saturated rings. The topological polar surface area (TPSA) is 84.2 Å². The molecule has 0 aliphatic heterocycles. The molecule has 0 atom stereocenters. The van der Waals surface area contributed by atoms with Crippen LogP contribution in [0, 0.1) is 0 Å². The van der Waals surface area contributed by atoms with E-state index in [0.29, 0.717) is 18.7 Å². The molecule has 17 heavy (non-hydrogen) atoms. The fourth-order valence-electron chi connectivity index (χ4n) is 1.17. The van der Waals surface area contributed by atoms with E-state index in [1.807, 2.05) is 6.07 Å². The fourth-order valence-corrected chi connectivity index (χ4v) is 1.57. The van der Waals surface area contributed by atoms with Crippen LogP contribution < -0.4 is 16.4 Å². The smallest absolute Gasteiger partial charge is 0.251 e. The van der Waals surface area contributed by atoms with Crippen LogP contribution in [-0.4, -0.2) is 31.4 Å². The Hall–Kier alpha value is -1.40. The lowest BCUT2D eigenvalue weighted by Gasteiger charge is -2.06. The molecule has 4 N–H and O–H groups in total. The van der Waals surface area contributed by atoms with Gasteiger partial charge in [0.25, 0.3) is 5.91 Å². The van der Waals surface area contributed by atoms with Gasteiger partial charge in [-0.1, -0.05) is 22.0 Å². The molecule has 1 rings (SSSR count). The molecule has 0 saturated carbocycles. The minimum Gasteiger partial charge on any atom is -0.353 e. The van der Waals surface area contributed by atoms with Gasteiger partial charge in [0.15, 0.2) is 0 Å². The van der Waals surface area contributed by atoms with Gasteiger partial charge in [-0.25, -0.2) is 0 Å². The number of amides is 2. The van der Waals surface area contributed by atoms with Crippen molar-refractivity contribution in [3.63, 3.8) is 0 Å². The SMILES string of the molecule is NCCNC(=O)CNC(=O)c1cccc(Br)c1. The molecule has 1 aromatic rings. The first-order valence-electron chi connectivity index (χ1n) is 5.14. The Bertz CT molecular complexity index is 409. The number of carbonyl (C=O) groups excluding carboxylic acids is 2. The Morgan fingerprint density at radius 3 is 2.71 bits per heavy atom. The van der Waals surface area contributed by atoms with E-state index >= 15 is 0 Å². The van der Waals surface area contributed by atoms with Gasteiger partial charge in [-0.05, 0) is 18.2 Å². The Morgan fingerprint density at radius 1 is 1.29 bits per heavy atom. The summed E-state index contributed by atoms with van der Waals surface area (Å²) in [4.78, 5) is 22.9. The Kier molecular flexibility index (Phi) is 5.65. The standard InChI is InChI=1S/C11H14BrN3O2/c12-9-3-1-2-8(6-9)11(17)15-7-10(16)14-5-4-13/h1-3,6H,4-5,7,13H2,(H,14,16)(H,15,17). The predicted octanol–water partition coefficient (Wildman–Crippen LogP) is 0.254. The molecule has 0 heterocycles. The van der Waals surface area contributed by atoms with Gasteiger partial charge in [0.05, 0.1) is 6.54 Å². The maximum Gasteiger partial charge on any atom is 0.251 e. The van der Waals surface area contributed by atoms with Crippen LogP contribution in [0.1, 0.15) is 10.4 Å². The summed E-state index contributed by atoms with van der Waals surface area (Å²) >= 11 is 3.27. The van der Waals surface area contributed by atoms with Crippen molar-refractivity contribution >= 4 is 27.7 Å². The summed E-state index contributed by atoms with van der Waals surface area (Å²) in [5.41, 5.74) is 5.74. The summed E-state index contributed by atoms with van der Waals surface area (Å²) in [6, 6.07) is 6.95. The van der Waals surface area contributed by atoms with Crippen molar-refractivity contribution in [2.45, 2.75) is 0 Å². The molecule has 6 heteroatoms. The monoisotopic (exact) mass is 299 g/mol. The molecule has 0 aliphatic carbocycles. The highest BCUT2D eigenvalue weighted by molar-refractivity contribution is 9.10. The van der Waals surface area contributed by atoms with Crippen LogP contribution in [0.25, 0.3) is 0 Å². The molecule has 0 aromatic heterocycles. The van der Waals surface area contributed by atoms with Crippen molar-refractivity contribution in [2.24, 2.45) is 5.73 Å². The van der Waals surface area contributed by atoms with Crippen LogP contribution in [0.5, 0.6) is 0 Å². The first-order chi connectivity index (χ1) is 8.13. The summed E-state index contributed by atoms with van der Waals surface area (Å²) in [6.45, 7) is 0.738. The highest BCUT2D eigenvalue weighted by Crippen LogP contribution is 2.11. The van der Waals surface area contributed by atoms with Crippen LogP contribution in [0.2, 0.25) is 0 Å². The second-order valence-corrected chi connectivity index (χ2v) is 4.25. The van der Waals surface area contributed by atoms with Gasteiger partial charge in [0, 0.05) is 23.1 Å². The molecular weight excluding hydrogens is 286 g/mol. The second-order valence-electron chi connectivity index (χ2n) is 3.33. The molecule has 0 bridgehead atoms. The first kappa shape index (κ1) is 13.7. The van der Waals surface area contributed by atoms with E-state index in [1.165, 1.54) is 0 Å². The fraction of sp³-hybridized carbons (Fsp3) is 0.273. The van der Waals surface area contributed by atoms with E-state index in [2.05, 4.69) is 26.6 Å². The lowest BCUT2D eigenvalue weighted by molar-refractivity contribution is -0.120. The second kappa shape index (κ2) is 7.03. The summed E-state index contributed by atoms with van der Waals surface area (Å²) in [7, 11) is 0. The maximum absolute atomic E-state index is 11.6. The zero-order chi connectivity index (χ0) is 12.7. The number of rotatable bonds is 5. The zero-order valence-corrected chi connectivity index (χ0v) is 10.8. The van der Waals surface area contributed by atoms with Crippen LogP contribution in [0.3, 0.4) is 0 Å². The van der Waals surface area contributed by atoms with Gasteiger partial charge >= 0.3 is 0 Å². The summed E-state index contributed by atoms with van der Waals surface area (Å²) < 4.78 is 0.817. The highest BCUT2D eigenvalue weighted by atomic mass is 79.9. The van der Waals surface area contributed by atoms with E-state index in [0.717, 1.165) is 4.47 Å². The van der Waals surface area contributed by atoms with Gasteiger partial charge in [0.2, 0.25) is 5.91 Å². The van der Waals surface area contributed by atoms with Gasteiger partial charge in [0.1, 0.15) is 0 Å². The van der Waals surface area contributed by atoms with Crippen LogP contribution >= 0.6 is 15.9 Å². The van der Waals surface area contributed by atoms with E-state index in [4.69, 9.17) is 5.73 Å². The molecule has 2 amide bonds. The molecule has 5 nitrogen and oxygen atoms in total. The third kappa shape index (κ3) is 4.97. The molecule has 92 valence electrons. The van der Waals surface area contributed by atoms with Crippen LogP contribution in [0.4, 0.5) is 0 Å². The molecule has 0 aliphatic rings. The number of benzene rings is 1. The number of nitrogens with two attached hydrogens (primary N) is 1. The third-order valence-corrected chi connectivity index (χ3v) is 2.46. The van der Waals surface area contributed by atoms with Crippen LogP contribution in [0.15, 0.2) is 28.7 Å². The number of hydrogen-bond donors (Lipinski definition) is 3. The van der Waals surface area contributed by atoms with E-state index in [1.54, 1.807) is 18.2 Å². The maximum atomic E-state index is 11.6. The number of carbonyl (C=O) groups is 2. The predicted molar refractivity (Wildman–Crippen MR) is 68.5 cm³/mol. The number of nitrogens with one attached hydrogen (secondary N) is 2. The molecule has 0 unspecified atom stereocenters.